The molecule has 0 aliphatic carbocycles. The molecule has 0 fully saturated rings. The fourth-order valence-electron chi connectivity index (χ4n) is 3.96. The van der Waals surface area contributed by atoms with Gasteiger partial charge in [-0.2, -0.15) is 0 Å². The van der Waals surface area contributed by atoms with Crippen molar-refractivity contribution in [1.29, 1.82) is 0 Å². The number of carbonyl (C=O) groups is 2. The molecule has 1 aliphatic heterocycles. The second kappa shape index (κ2) is 11.3. The van der Waals surface area contributed by atoms with Crippen molar-refractivity contribution in [3.05, 3.63) is 82.4 Å². The summed E-state index contributed by atoms with van der Waals surface area (Å²) in [6.07, 6.45) is 0.332. The number of fused-ring (bicyclic) bond motifs is 1. The Hall–Kier alpha value is -3.75. The molecule has 2 atom stereocenters. The smallest absolute Gasteiger partial charge is 0.311 e. The average Bonchev–Trinajstić information content (AvgIpc) is 2.88. The van der Waals surface area contributed by atoms with Crippen LogP contribution < -0.4 is 19.5 Å². The number of rotatable bonds is 9. The van der Waals surface area contributed by atoms with E-state index in [1.165, 1.54) is 7.11 Å². The van der Waals surface area contributed by atoms with Gasteiger partial charge in [-0.05, 0) is 54.4 Å². The number of halogens is 1. The van der Waals surface area contributed by atoms with E-state index in [0.717, 1.165) is 11.3 Å². The molecule has 8 nitrogen and oxygen atoms in total. The number of methoxy groups -OCH3 is 2. The van der Waals surface area contributed by atoms with Crippen LogP contribution in [0, 0.1) is 0 Å². The van der Waals surface area contributed by atoms with E-state index in [9.17, 15) is 14.7 Å². The minimum Gasteiger partial charge on any atom is -0.497 e. The van der Waals surface area contributed by atoms with Crippen molar-refractivity contribution in [2.24, 2.45) is 0 Å². The number of hydrogen-bond acceptors (Lipinski definition) is 6. The maximum atomic E-state index is 12.8. The van der Waals surface area contributed by atoms with Crippen LogP contribution in [0.25, 0.3) is 0 Å². The monoisotopic (exact) mass is 511 g/mol. The van der Waals surface area contributed by atoms with Crippen LogP contribution in [0.1, 0.15) is 33.8 Å². The second-order valence-corrected chi connectivity index (χ2v) is 8.64. The molecule has 36 heavy (non-hydrogen) atoms. The summed E-state index contributed by atoms with van der Waals surface area (Å²) in [5.41, 5.74) is 1.92. The molecule has 0 radical (unpaired) electrons. The third-order valence-corrected chi connectivity index (χ3v) is 6.17. The number of ether oxygens (including phenoxy) is 4. The molecule has 9 heteroatoms. The topological polar surface area (TPSA) is 103 Å². The lowest BCUT2D eigenvalue weighted by Crippen LogP contribution is -2.37. The van der Waals surface area contributed by atoms with Crippen LogP contribution in [-0.4, -0.2) is 44.0 Å². The first-order chi connectivity index (χ1) is 17.4. The molecule has 1 amide bonds. The zero-order valence-corrected chi connectivity index (χ0v) is 20.6. The Morgan fingerprint density at radius 1 is 1.11 bits per heavy atom. The van der Waals surface area contributed by atoms with E-state index in [1.807, 2.05) is 24.3 Å². The van der Waals surface area contributed by atoms with Crippen molar-refractivity contribution in [2.45, 2.75) is 25.0 Å². The molecule has 0 saturated heterocycles. The summed E-state index contributed by atoms with van der Waals surface area (Å²) in [6, 6.07) is 17.3. The largest absolute Gasteiger partial charge is 0.497 e. The minimum atomic E-state index is -0.919. The van der Waals surface area contributed by atoms with Gasteiger partial charge in [0, 0.05) is 30.7 Å². The average molecular weight is 512 g/mol. The summed E-state index contributed by atoms with van der Waals surface area (Å²) < 4.78 is 22.2. The standard InChI is InChI=1S/C27H26ClNO7/c1-33-19-5-3-4-16(12-19)13-25(34-2)29-26(30)17-6-8-18(9-7-17)36-24-15-23-21(14-22(24)28)20(27(31)32)10-11-35-23/h3-9,12,14-15,20,25H,10-11,13H2,1-2H3,(H,29,30)(H,31,32). The van der Waals surface area contributed by atoms with Gasteiger partial charge in [-0.1, -0.05) is 23.7 Å². The molecule has 0 bridgehead atoms. The summed E-state index contributed by atoms with van der Waals surface area (Å²) >= 11 is 6.36. The molecule has 3 aromatic carbocycles. The molecular formula is C27H26ClNO7. The van der Waals surface area contributed by atoms with Gasteiger partial charge >= 0.3 is 5.97 Å². The minimum absolute atomic E-state index is 0.271. The fraction of sp³-hybridized carbons (Fsp3) is 0.259. The van der Waals surface area contributed by atoms with Crippen molar-refractivity contribution >= 4 is 23.5 Å². The summed E-state index contributed by atoms with van der Waals surface area (Å²) in [5.74, 6) is 0.0730. The third kappa shape index (κ3) is 5.90. The Morgan fingerprint density at radius 3 is 2.58 bits per heavy atom. The molecule has 2 N–H and O–H groups in total. The highest BCUT2D eigenvalue weighted by Crippen LogP contribution is 2.41. The van der Waals surface area contributed by atoms with E-state index in [-0.39, 0.29) is 10.9 Å². The Labute approximate surface area is 213 Å². The van der Waals surface area contributed by atoms with Crippen LogP contribution in [0.15, 0.2) is 60.7 Å². The van der Waals surface area contributed by atoms with E-state index in [2.05, 4.69) is 5.32 Å². The lowest BCUT2D eigenvalue weighted by molar-refractivity contribution is -0.139. The highest BCUT2D eigenvalue weighted by atomic mass is 35.5. The van der Waals surface area contributed by atoms with Gasteiger partial charge in [-0.15, -0.1) is 0 Å². The number of benzene rings is 3. The highest BCUT2D eigenvalue weighted by molar-refractivity contribution is 6.32. The summed E-state index contributed by atoms with van der Waals surface area (Å²) in [4.78, 5) is 24.3. The van der Waals surface area contributed by atoms with Crippen LogP contribution in [0.5, 0.6) is 23.0 Å². The number of nitrogens with one attached hydrogen (secondary N) is 1. The molecular weight excluding hydrogens is 486 g/mol. The Kier molecular flexibility index (Phi) is 7.97. The number of carboxylic acid groups (broad SMARTS) is 1. The van der Waals surface area contributed by atoms with Gasteiger partial charge in [0.1, 0.15) is 29.2 Å². The third-order valence-electron chi connectivity index (χ3n) is 5.88. The highest BCUT2D eigenvalue weighted by Gasteiger charge is 2.29. The summed E-state index contributed by atoms with van der Waals surface area (Å²) in [7, 11) is 3.14. The first kappa shape index (κ1) is 25.3. The first-order valence-corrected chi connectivity index (χ1v) is 11.7. The van der Waals surface area contributed by atoms with E-state index < -0.39 is 18.1 Å². The van der Waals surface area contributed by atoms with Crippen molar-refractivity contribution in [2.75, 3.05) is 20.8 Å². The zero-order chi connectivity index (χ0) is 25.7. The van der Waals surface area contributed by atoms with E-state index in [4.69, 9.17) is 30.5 Å². The van der Waals surface area contributed by atoms with Crippen LogP contribution in [-0.2, 0) is 16.0 Å². The summed E-state index contributed by atoms with van der Waals surface area (Å²) in [5, 5.41) is 12.6. The number of hydrogen-bond donors (Lipinski definition) is 2. The molecule has 188 valence electrons. The van der Waals surface area contributed by atoms with Gasteiger partial charge in [0.05, 0.1) is 24.7 Å². The fourth-order valence-corrected chi connectivity index (χ4v) is 4.17. The Morgan fingerprint density at radius 2 is 1.89 bits per heavy atom. The number of carboxylic acids is 1. The lowest BCUT2D eigenvalue weighted by atomic mass is 9.93. The van der Waals surface area contributed by atoms with Crippen molar-refractivity contribution in [3.63, 3.8) is 0 Å². The number of amides is 1. The predicted molar refractivity (Wildman–Crippen MR) is 133 cm³/mol. The normalized spacial score (nSPS) is 15.2. The quantitative estimate of drug-likeness (QED) is 0.388. The van der Waals surface area contributed by atoms with Crippen LogP contribution in [0.3, 0.4) is 0 Å². The van der Waals surface area contributed by atoms with Gasteiger partial charge in [0.2, 0.25) is 0 Å². The molecule has 0 aromatic heterocycles. The Balaban J connectivity index is 1.42. The van der Waals surface area contributed by atoms with E-state index in [0.29, 0.717) is 47.8 Å². The van der Waals surface area contributed by atoms with Gasteiger partial charge in [0.25, 0.3) is 5.91 Å². The van der Waals surface area contributed by atoms with Gasteiger partial charge in [-0.25, -0.2) is 0 Å². The van der Waals surface area contributed by atoms with Crippen molar-refractivity contribution in [3.8, 4) is 23.0 Å². The van der Waals surface area contributed by atoms with E-state index in [1.54, 1.807) is 43.5 Å². The Bertz CT molecular complexity index is 1250. The van der Waals surface area contributed by atoms with Crippen molar-refractivity contribution in [1.82, 2.24) is 5.32 Å². The molecule has 0 saturated carbocycles. The maximum Gasteiger partial charge on any atom is 0.311 e. The summed E-state index contributed by atoms with van der Waals surface area (Å²) in [6.45, 7) is 0.301. The number of aliphatic carboxylic acids is 1. The van der Waals surface area contributed by atoms with Crippen LogP contribution >= 0.6 is 11.6 Å². The van der Waals surface area contributed by atoms with Crippen molar-refractivity contribution < 1.29 is 33.6 Å². The van der Waals surface area contributed by atoms with Gasteiger partial charge < -0.3 is 29.4 Å². The molecule has 0 spiro atoms. The molecule has 4 rings (SSSR count). The first-order valence-electron chi connectivity index (χ1n) is 11.3. The van der Waals surface area contributed by atoms with E-state index >= 15 is 0 Å². The second-order valence-electron chi connectivity index (χ2n) is 8.23. The number of carbonyl (C=O) groups excluding carboxylic acids is 1. The maximum absolute atomic E-state index is 12.8. The molecule has 1 heterocycles. The SMILES string of the molecule is COc1cccc(CC(NC(=O)c2ccc(Oc3cc4c(cc3Cl)C(C(=O)O)CCO4)cc2)OC)c1. The van der Waals surface area contributed by atoms with Crippen LogP contribution in [0.4, 0.5) is 0 Å². The molecule has 3 aromatic rings. The molecule has 2 unspecified atom stereocenters. The van der Waals surface area contributed by atoms with Crippen LogP contribution in [0.2, 0.25) is 5.02 Å². The molecule has 1 aliphatic rings. The van der Waals surface area contributed by atoms with Gasteiger partial charge in [0.15, 0.2) is 0 Å². The zero-order valence-electron chi connectivity index (χ0n) is 19.8. The van der Waals surface area contributed by atoms with Gasteiger partial charge in [-0.3, -0.25) is 9.59 Å². The predicted octanol–water partition coefficient (Wildman–Crippen LogP) is 5.04. The lowest BCUT2D eigenvalue weighted by Gasteiger charge is -2.24.